The number of benzene rings is 4. The molecule has 0 atom stereocenters. The Hall–Kier alpha value is -7.36. The van der Waals surface area contributed by atoms with Crippen LogP contribution in [0.3, 0.4) is 0 Å². The first kappa shape index (κ1) is 50.6. The number of hydrogen-bond acceptors (Lipinski definition) is 14. The second-order valence-corrected chi connectivity index (χ2v) is 10.6. The van der Waals surface area contributed by atoms with Crippen LogP contribution in [0.1, 0.15) is 61.5 Å². The summed E-state index contributed by atoms with van der Waals surface area (Å²) in [6.07, 6.45) is -0.859. The van der Waals surface area contributed by atoms with Gasteiger partial charge < -0.3 is 37.9 Å². The fraction of sp³-hybridized carbons (Fsp3) is 0.190. The predicted molar refractivity (Wildman–Crippen MR) is 208 cm³/mol. The van der Waals surface area contributed by atoms with Crippen LogP contribution in [0.15, 0.2) is 98.1 Å². The van der Waals surface area contributed by atoms with Gasteiger partial charge in [-0.25, -0.2) is 37.5 Å². The molecule has 0 amide bonds. The van der Waals surface area contributed by atoms with Crippen molar-refractivity contribution in [3.8, 4) is 34.1 Å². The Bertz CT molecular complexity index is 1990. The fourth-order valence-corrected chi connectivity index (χ4v) is 4.42. The second kappa shape index (κ2) is 23.5. The molecule has 0 fully saturated rings. The standard InChI is InChI=1S/C38H28F2O14.4CH4/c1-5-33(41)47-19-49-37(45)53-25-9-13-29(31(39)17-25)35(43)51-23-7-11-27(21(3)15-23)28-12-8-24(16-22(28)4)52-36(44)30-14-10-26(18-32(30)40)54-38(46)50-20-48-34(42)6-2;;;;/h5-18H,1-2,19-20H2,3-4H3;4*1H4. The minimum Gasteiger partial charge on any atom is -0.425 e. The van der Waals surface area contributed by atoms with Crippen LogP contribution in [0, 0.1) is 25.5 Å². The molecule has 0 aromatic heterocycles. The molecule has 0 bridgehead atoms. The molecular weight excluding hydrogens is 766 g/mol. The summed E-state index contributed by atoms with van der Waals surface area (Å²) in [5, 5.41) is 0. The van der Waals surface area contributed by atoms with Gasteiger partial charge in [-0.05, 0) is 84.6 Å². The molecule has 310 valence electrons. The van der Waals surface area contributed by atoms with Crippen LogP contribution < -0.4 is 18.9 Å². The number of carbonyl (C=O) groups excluding carboxylic acids is 6. The second-order valence-electron chi connectivity index (χ2n) is 10.6. The molecule has 58 heavy (non-hydrogen) atoms. The van der Waals surface area contributed by atoms with E-state index in [4.69, 9.17) is 18.9 Å². The molecular formula is C42H44F2O14. The van der Waals surface area contributed by atoms with Gasteiger partial charge in [-0.1, -0.05) is 55.0 Å². The zero-order chi connectivity index (χ0) is 39.4. The van der Waals surface area contributed by atoms with E-state index in [1.807, 2.05) is 0 Å². The molecule has 4 aromatic carbocycles. The Balaban J connectivity index is 0.00000812. The van der Waals surface area contributed by atoms with Crippen LogP contribution in [0.25, 0.3) is 11.1 Å². The van der Waals surface area contributed by atoms with Crippen LogP contribution in [-0.4, -0.2) is 49.8 Å². The summed E-state index contributed by atoms with van der Waals surface area (Å²) >= 11 is 0. The molecule has 0 aliphatic rings. The monoisotopic (exact) mass is 810 g/mol. The van der Waals surface area contributed by atoms with Crippen LogP contribution in [0.4, 0.5) is 18.4 Å². The maximum Gasteiger partial charge on any atom is 0.516 e. The molecule has 0 unspecified atom stereocenters. The average molecular weight is 811 g/mol. The van der Waals surface area contributed by atoms with Gasteiger partial charge in [0.05, 0.1) is 11.1 Å². The fourth-order valence-electron chi connectivity index (χ4n) is 4.42. The highest BCUT2D eigenvalue weighted by Crippen LogP contribution is 2.32. The van der Waals surface area contributed by atoms with Crippen LogP contribution in [0.2, 0.25) is 0 Å². The molecule has 0 aliphatic heterocycles. The largest absolute Gasteiger partial charge is 0.516 e. The van der Waals surface area contributed by atoms with E-state index in [1.165, 1.54) is 12.1 Å². The van der Waals surface area contributed by atoms with Gasteiger partial charge in [0.25, 0.3) is 0 Å². The quantitative estimate of drug-likeness (QED) is 0.0410. The number of carbonyl (C=O) groups is 6. The number of aryl methyl sites for hydroxylation is 2. The van der Waals surface area contributed by atoms with Gasteiger partial charge in [0.15, 0.2) is 0 Å². The van der Waals surface area contributed by atoms with Crippen molar-refractivity contribution in [3.05, 3.63) is 132 Å². The van der Waals surface area contributed by atoms with E-state index in [9.17, 15) is 37.5 Å². The molecule has 0 radical (unpaired) electrons. The van der Waals surface area contributed by atoms with Crippen molar-refractivity contribution in [2.45, 2.75) is 43.6 Å². The van der Waals surface area contributed by atoms with Crippen molar-refractivity contribution in [3.63, 3.8) is 0 Å². The maximum atomic E-state index is 14.7. The molecule has 0 spiro atoms. The number of esters is 4. The van der Waals surface area contributed by atoms with Gasteiger partial charge in [-0.15, -0.1) is 0 Å². The summed E-state index contributed by atoms with van der Waals surface area (Å²) in [6, 6.07) is 15.3. The van der Waals surface area contributed by atoms with E-state index in [0.29, 0.717) is 11.1 Å². The Morgan fingerprint density at radius 2 is 0.828 bits per heavy atom. The molecule has 4 aromatic rings. The molecule has 14 nitrogen and oxygen atoms in total. The van der Waals surface area contributed by atoms with Gasteiger partial charge in [-0.3, -0.25) is 0 Å². The first-order chi connectivity index (χ1) is 25.8. The van der Waals surface area contributed by atoms with Crippen molar-refractivity contribution in [2.75, 3.05) is 13.6 Å². The van der Waals surface area contributed by atoms with Crippen molar-refractivity contribution in [1.82, 2.24) is 0 Å². The number of halogens is 2. The van der Waals surface area contributed by atoms with E-state index < -0.39 is 72.5 Å². The summed E-state index contributed by atoms with van der Waals surface area (Å²) < 4.78 is 67.7. The molecule has 0 aliphatic carbocycles. The van der Waals surface area contributed by atoms with Crippen molar-refractivity contribution in [1.29, 1.82) is 0 Å². The first-order valence-electron chi connectivity index (χ1n) is 15.3. The SMILES string of the molecule is C.C.C.C.C=CC(=O)OCOC(=O)Oc1ccc(C(=O)Oc2ccc(-c3ccc(OC(=O)c4ccc(OC(=O)OCOC(=O)C=C)cc4F)cc3C)c(C)c2)c(F)c1. The Kier molecular flexibility index (Phi) is 20.5. The van der Waals surface area contributed by atoms with E-state index in [1.54, 1.807) is 38.1 Å². The first-order valence-corrected chi connectivity index (χ1v) is 15.3. The highest BCUT2D eigenvalue weighted by molar-refractivity contribution is 5.92. The molecule has 0 N–H and O–H groups in total. The zero-order valence-electron chi connectivity index (χ0n) is 28.4. The third-order valence-corrected chi connectivity index (χ3v) is 6.92. The lowest BCUT2D eigenvalue weighted by molar-refractivity contribution is -0.147. The highest BCUT2D eigenvalue weighted by atomic mass is 19.1. The van der Waals surface area contributed by atoms with E-state index in [0.717, 1.165) is 59.7 Å². The highest BCUT2D eigenvalue weighted by Gasteiger charge is 2.20. The summed E-state index contributed by atoms with van der Waals surface area (Å²) in [5.41, 5.74) is 1.88. The third kappa shape index (κ3) is 14.1. The molecule has 0 heterocycles. The Morgan fingerprint density at radius 3 is 1.14 bits per heavy atom. The van der Waals surface area contributed by atoms with Gasteiger partial charge in [0, 0.05) is 24.3 Å². The Labute approximate surface area is 334 Å². The minimum atomic E-state index is -1.29. The van der Waals surface area contributed by atoms with Gasteiger partial charge in [-0.2, -0.15) is 0 Å². The average Bonchev–Trinajstić information content (AvgIpc) is 3.12. The summed E-state index contributed by atoms with van der Waals surface area (Å²) in [7, 11) is 0. The van der Waals surface area contributed by atoms with Crippen molar-refractivity contribution in [2.24, 2.45) is 0 Å². The van der Waals surface area contributed by atoms with Gasteiger partial charge in [0.2, 0.25) is 13.6 Å². The maximum absolute atomic E-state index is 14.7. The zero-order valence-corrected chi connectivity index (χ0v) is 28.4. The molecule has 0 saturated heterocycles. The lowest BCUT2D eigenvalue weighted by Crippen LogP contribution is -2.15. The Morgan fingerprint density at radius 1 is 0.500 bits per heavy atom. The van der Waals surface area contributed by atoms with Gasteiger partial charge in [0.1, 0.15) is 34.6 Å². The van der Waals surface area contributed by atoms with Crippen molar-refractivity contribution >= 4 is 36.2 Å². The molecule has 4 rings (SSSR count). The van der Waals surface area contributed by atoms with Crippen LogP contribution in [-0.2, 0) is 28.5 Å². The predicted octanol–water partition coefficient (Wildman–Crippen LogP) is 9.64. The normalized spacial score (nSPS) is 9.52. The van der Waals surface area contributed by atoms with E-state index in [-0.39, 0.29) is 52.7 Å². The minimum absolute atomic E-state index is 0. The number of hydrogen-bond donors (Lipinski definition) is 0. The van der Waals surface area contributed by atoms with E-state index in [2.05, 4.69) is 32.1 Å². The van der Waals surface area contributed by atoms with Crippen LogP contribution >= 0.6 is 0 Å². The smallest absolute Gasteiger partial charge is 0.425 e. The van der Waals surface area contributed by atoms with Crippen LogP contribution in [0.5, 0.6) is 23.0 Å². The topological polar surface area (TPSA) is 176 Å². The van der Waals surface area contributed by atoms with Gasteiger partial charge >= 0.3 is 36.2 Å². The summed E-state index contributed by atoms with van der Waals surface area (Å²) in [6.45, 7) is 8.34. The number of rotatable bonds is 13. The molecule has 16 heteroatoms. The van der Waals surface area contributed by atoms with Crippen molar-refractivity contribution < 1.29 is 75.4 Å². The summed E-state index contributed by atoms with van der Waals surface area (Å²) in [4.78, 5) is 70.8. The number of ether oxygens (including phenoxy) is 8. The lowest BCUT2D eigenvalue weighted by Gasteiger charge is -2.13. The lowest BCUT2D eigenvalue weighted by atomic mass is 9.96. The third-order valence-electron chi connectivity index (χ3n) is 6.92. The summed E-state index contributed by atoms with van der Waals surface area (Å²) in [5.74, 6) is -6.20. The van der Waals surface area contributed by atoms with E-state index >= 15 is 0 Å². The molecule has 0 saturated carbocycles.